The monoisotopic (exact) mass is 300 g/mol. The number of nitrogens with one attached hydrogen (secondary N) is 1. The van der Waals surface area contributed by atoms with Crippen LogP contribution in [0.3, 0.4) is 0 Å². The van der Waals surface area contributed by atoms with Crippen LogP contribution < -0.4 is 10.1 Å². The molecule has 0 radical (unpaired) electrons. The summed E-state index contributed by atoms with van der Waals surface area (Å²) in [7, 11) is 0. The van der Waals surface area contributed by atoms with E-state index in [2.05, 4.69) is 5.32 Å². The first-order valence-corrected chi connectivity index (χ1v) is 7.57. The number of hydrogen-bond acceptors (Lipinski definition) is 4. The Morgan fingerprint density at radius 2 is 1.82 bits per heavy atom. The molecule has 2 aromatic rings. The van der Waals surface area contributed by atoms with Crippen LogP contribution in [0.2, 0.25) is 0 Å². The lowest BCUT2D eigenvalue weighted by Crippen LogP contribution is -2.46. The molecule has 1 aliphatic heterocycles. The molecule has 1 fully saturated rings. The SMILES string of the molecule is O=C(OCCOc1cccc2ccccc12)N1CCNCC1. The Morgan fingerprint density at radius 3 is 2.68 bits per heavy atom. The predicted molar refractivity (Wildman–Crippen MR) is 85.2 cm³/mol. The fourth-order valence-corrected chi connectivity index (χ4v) is 2.54. The maximum absolute atomic E-state index is 11.8. The van der Waals surface area contributed by atoms with Crippen molar-refractivity contribution >= 4 is 16.9 Å². The number of ether oxygens (including phenoxy) is 2. The van der Waals surface area contributed by atoms with Crippen LogP contribution in [0.1, 0.15) is 0 Å². The topological polar surface area (TPSA) is 50.8 Å². The van der Waals surface area contributed by atoms with E-state index >= 15 is 0 Å². The Kier molecular flexibility index (Phi) is 4.75. The Bertz CT molecular complexity index is 633. The molecule has 0 aliphatic carbocycles. The van der Waals surface area contributed by atoms with E-state index in [0.717, 1.165) is 29.6 Å². The van der Waals surface area contributed by atoms with Gasteiger partial charge in [-0.05, 0) is 11.5 Å². The standard InChI is InChI=1S/C17H20N2O3/c20-17(19-10-8-18-9-11-19)22-13-12-21-16-7-3-5-14-4-1-2-6-15(14)16/h1-7,18H,8-13H2. The molecule has 5 heteroatoms. The van der Waals surface area contributed by atoms with E-state index in [0.29, 0.717) is 19.7 Å². The predicted octanol–water partition coefficient (Wildman–Crippen LogP) is 2.26. The first-order valence-electron chi connectivity index (χ1n) is 7.57. The first-order chi connectivity index (χ1) is 10.8. The number of hydrogen-bond donors (Lipinski definition) is 1. The van der Waals surface area contributed by atoms with Crippen LogP contribution in [0, 0.1) is 0 Å². The van der Waals surface area contributed by atoms with Crippen LogP contribution in [0.25, 0.3) is 10.8 Å². The molecule has 0 saturated carbocycles. The second-order valence-electron chi connectivity index (χ2n) is 5.18. The number of nitrogens with zero attached hydrogens (tertiary/aromatic N) is 1. The third-order valence-corrected chi connectivity index (χ3v) is 3.69. The van der Waals surface area contributed by atoms with E-state index < -0.39 is 0 Å². The first kappa shape index (κ1) is 14.7. The van der Waals surface area contributed by atoms with Crippen LogP contribution in [0.4, 0.5) is 4.79 Å². The number of fused-ring (bicyclic) bond motifs is 1. The number of piperazine rings is 1. The smallest absolute Gasteiger partial charge is 0.409 e. The Balaban J connectivity index is 1.49. The maximum atomic E-state index is 11.8. The van der Waals surface area contributed by atoms with Gasteiger partial charge >= 0.3 is 6.09 Å². The summed E-state index contributed by atoms with van der Waals surface area (Å²) in [5, 5.41) is 5.41. The van der Waals surface area contributed by atoms with Crippen LogP contribution in [-0.2, 0) is 4.74 Å². The molecule has 1 amide bonds. The molecule has 22 heavy (non-hydrogen) atoms. The molecular formula is C17H20N2O3. The zero-order valence-corrected chi connectivity index (χ0v) is 12.5. The second-order valence-corrected chi connectivity index (χ2v) is 5.18. The molecule has 1 saturated heterocycles. The van der Waals surface area contributed by atoms with Gasteiger partial charge in [-0.1, -0.05) is 36.4 Å². The third-order valence-electron chi connectivity index (χ3n) is 3.69. The minimum Gasteiger partial charge on any atom is -0.489 e. The molecule has 1 aliphatic rings. The van der Waals surface area contributed by atoms with Crippen molar-refractivity contribution in [1.82, 2.24) is 10.2 Å². The summed E-state index contributed by atoms with van der Waals surface area (Å²) < 4.78 is 11.0. The van der Waals surface area contributed by atoms with Crippen LogP contribution in [-0.4, -0.2) is 50.4 Å². The molecule has 0 bridgehead atoms. The quantitative estimate of drug-likeness (QED) is 0.880. The fraction of sp³-hybridized carbons (Fsp3) is 0.353. The van der Waals surface area contributed by atoms with Crippen LogP contribution in [0.5, 0.6) is 5.75 Å². The van der Waals surface area contributed by atoms with Crippen molar-refractivity contribution < 1.29 is 14.3 Å². The summed E-state index contributed by atoms with van der Waals surface area (Å²) in [6.45, 7) is 3.65. The number of benzene rings is 2. The molecule has 0 spiro atoms. The maximum Gasteiger partial charge on any atom is 0.409 e. The molecule has 2 aromatic carbocycles. The Labute approximate surface area is 129 Å². The summed E-state index contributed by atoms with van der Waals surface area (Å²) in [5.74, 6) is 0.816. The van der Waals surface area contributed by atoms with Gasteiger partial charge in [-0.3, -0.25) is 0 Å². The van der Waals surface area contributed by atoms with Crippen LogP contribution in [0.15, 0.2) is 42.5 Å². The van der Waals surface area contributed by atoms with E-state index in [-0.39, 0.29) is 12.7 Å². The van der Waals surface area contributed by atoms with Crippen molar-refractivity contribution in [2.24, 2.45) is 0 Å². The van der Waals surface area contributed by atoms with Gasteiger partial charge < -0.3 is 19.7 Å². The van der Waals surface area contributed by atoms with Crippen molar-refractivity contribution in [2.45, 2.75) is 0 Å². The van der Waals surface area contributed by atoms with Gasteiger partial charge in [0.25, 0.3) is 0 Å². The average molecular weight is 300 g/mol. The normalized spacial score (nSPS) is 14.8. The summed E-state index contributed by atoms with van der Waals surface area (Å²) in [4.78, 5) is 13.6. The van der Waals surface area contributed by atoms with Gasteiger partial charge in [0, 0.05) is 31.6 Å². The zero-order chi connectivity index (χ0) is 15.2. The van der Waals surface area contributed by atoms with Gasteiger partial charge in [0.1, 0.15) is 19.0 Å². The van der Waals surface area contributed by atoms with Gasteiger partial charge in [-0.2, -0.15) is 0 Å². The van der Waals surface area contributed by atoms with Gasteiger partial charge in [0.05, 0.1) is 0 Å². The number of amides is 1. The van der Waals surface area contributed by atoms with Crippen molar-refractivity contribution in [1.29, 1.82) is 0 Å². The van der Waals surface area contributed by atoms with E-state index in [1.165, 1.54) is 0 Å². The number of carbonyl (C=O) groups is 1. The number of rotatable bonds is 4. The van der Waals surface area contributed by atoms with Crippen molar-refractivity contribution in [3.05, 3.63) is 42.5 Å². The molecule has 0 aromatic heterocycles. The number of carbonyl (C=O) groups excluding carboxylic acids is 1. The highest BCUT2D eigenvalue weighted by molar-refractivity contribution is 5.88. The molecule has 1 N–H and O–H groups in total. The van der Waals surface area contributed by atoms with E-state index in [1.807, 2.05) is 42.5 Å². The lowest BCUT2D eigenvalue weighted by atomic mass is 10.1. The summed E-state index contributed by atoms with van der Waals surface area (Å²) >= 11 is 0. The molecule has 0 atom stereocenters. The molecule has 1 heterocycles. The molecular weight excluding hydrogens is 280 g/mol. The Hall–Kier alpha value is -2.27. The van der Waals surface area contributed by atoms with Gasteiger partial charge in [0.2, 0.25) is 0 Å². The average Bonchev–Trinajstić information content (AvgIpc) is 2.59. The summed E-state index contributed by atoms with van der Waals surface area (Å²) in [5.41, 5.74) is 0. The Morgan fingerprint density at radius 1 is 1.05 bits per heavy atom. The molecule has 116 valence electrons. The highest BCUT2D eigenvalue weighted by atomic mass is 16.6. The van der Waals surface area contributed by atoms with Crippen molar-refractivity contribution in [3.8, 4) is 5.75 Å². The van der Waals surface area contributed by atoms with E-state index in [1.54, 1.807) is 4.90 Å². The van der Waals surface area contributed by atoms with Gasteiger partial charge in [-0.25, -0.2) is 4.79 Å². The summed E-state index contributed by atoms with van der Waals surface area (Å²) in [6.07, 6.45) is -0.261. The third kappa shape index (κ3) is 3.49. The lowest BCUT2D eigenvalue weighted by Gasteiger charge is -2.26. The highest BCUT2D eigenvalue weighted by Gasteiger charge is 2.17. The summed E-state index contributed by atoms with van der Waals surface area (Å²) in [6, 6.07) is 14.0. The van der Waals surface area contributed by atoms with Gasteiger partial charge in [0.15, 0.2) is 0 Å². The van der Waals surface area contributed by atoms with Crippen molar-refractivity contribution in [2.75, 3.05) is 39.4 Å². The molecule has 3 rings (SSSR count). The van der Waals surface area contributed by atoms with E-state index in [9.17, 15) is 4.79 Å². The van der Waals surface area contributed by atoms with Crippen molar-refractivity contribution in [3.63, 3.8) is 0 Å². The van der Waals surface area contributed by atoms with Gasteiger partial charge in [-0.15, -0.1) is 0 Å². The fourth-order valence-electron chi connectivity index (χ4n) is 2.54. The molecule has 0 unspecified atom stereocenters. The largest absolute Gasteiger partial charge is 0.489 e. The minimum absolute atomic E-state index is 0.256. The minimum atomic E-state index is -0.261. The van der Waals surface area contributed by atoms with Crippen LogP contribution >= 0.6 is 0 Å². The highest BCUT2D eigenvalue weighted by Crippen LogP contribution is 2.24. The second kappa shape index (κ2) is 7.13. The lowest BCUT2D eigenvalue weighted by molar-refractivity contribution is 0.0847. The zero-order valence-electron chi connectivity index (χ0n) is 12.5. The molecule has 5 nitrogen and oxygen atoms in total. The van der Waals surface area contributed by atoms with E-state index in [4.69, 9.17) is 9.47 Å².